The minimum atomic E-state index is -0.0810. The first-order chi connectivity index (χ1) is 14.3. The maximum Gasteiger partial charge on any atom is 0.243 e. The van der Waals surface area contributed by atoms with Crippen LogP contribution in [0.2, 0.25) is 0 Å². The number of anilines is 2. The Morgan fingerprint density at radius 2 is 1.62 bits per heavy atom. The number of benzene rings is 3. The van der Waals surface area contributed by atoms with Gasteiger partial charge in [-0.15, -0.1) is 0 Å². The van der Waals surface area contributed by atoms with Crippen LogP contribution in [0.25, 0.3) is 10.8 Å². The quantitative estimate of drug-likeness (QED) is 0.381. The third kappa shape index (κ3) is 6.53. The number of hydrogen-bond acceptors (Lipinski definition) is 3. The minimum Gasteiger partial charge on any atom is -0.494 e. The Labute approximate surface area is 173 Å². The van der Waals surface area contributed by atoms with Gasteiger partial charge in [0.2, 0.25) is 5.91 Å². The molecular formula is C25H30N2O2. The van der Waals surface area contributed by atoms with Gasteiger partial charge in [-0.2, -0.15) is 0 Å². The van der Waals surface area contributed by atoms with E-state index < -0.39 is 0 Å². The molecule has 0 aliphatic carbocycles. The highest BCUT2D eigenvalue weighted by Crippen LogP contribution is 2.22. The zero-order chi connectivity index (χ0) is 20.3. The first-order valence-corrected chi connectivity index (χ1v) is 10.5. The molecule has 0 saturated heterocycles. The summed E-state index contributed by atoms with van der Waals surface area (Å²) in [7, 11) is 0. The molecule has 3 aromatic rings. The smallest absolute Gasteiger partial charge is 0.243 e. The van der Waals surface area contributed by atoms with Crippen LogP contribution >= 0.6 is 0 Å². The summed E-state index contributed by atoms with van der Waals surface area (Å²) in [5.41, 5.74) is 1.73. The van der Waals surface area contributed by atoms with E-state index in [0.29, 0.717) is 0 Å². The number of nitrogens with one attached hydrogen (secondary N) is 2. The molecule has 4 nitrogen and oxygen atoms in total. The van der Waals surface area contributed by atoms with Gasteiger partial charge in [0.15, 0.2) is 0 Å². The molecule has 2 N–H and O–H groups in total. The summed E-state index contributed by atoms with van der Waals surface area (Å²) in [6.07, 6.45) is 6.12. The van der Waals surface area contributed by atoms with Crippen molar-refractivity contribution >= 4 is 28.1 Å². The SMILES string of the molecule is CCCCCCCOc1ccc(NC(=O)CNc2cccc3ccccc23)cc1. The molecule has 0 unspecified atom stereocenters. The van der Waals surface area contributed by atoms with E-state index in [1.807, 2.05) is 48.5 Å². The highest BCUT2D eigenvalue weighted by molar-refractivity contribution is 5.97. The fourth-order valence-electron chi connectivity index (χ4n) is 3.29. The fraction of sp³-hybridized carbons (Fsp3) is 0.320. The number of ether oxygens (including phenoxy) is 1. The lowest BCUT2D eigenvalue weighted by Crippen LogP contribution is -2.21. The molecule has 3 rings (SSSR count). The predicted molar refractivity (Wildman–Crippen MR) is 122 cm³/mol. The molecule has 0 heterocycles. The molecule has 0 atom stereocenters. The van der Waals surface area contributed by atoms with Gasteiger partial charge in [-0.3, -0.25) is 4.79 Å². The molecule has 1 amide bonds. The van der Waals surface area contributed by atoms with Crippen LogP contribution in [0.15, 0.2) is 66.7 Å². The van der Waals surface area contributed by atoms with Gasteiger partial charge >= 0.3 is 0 Å². The largest absolute Gasteiger partial charge is 0.494 e. The van der Waals surface area contributed by atoms with E-state index in [1.165, 1.54) is 25.7 Å². The average molecular weight is 391 g/mol. The van der Waals surface area contributed by atoms with E-state index >= 15 is 0 Å². The van der Waals surface area contributed by atoms with Crippen LogP contribution in [0.4, 0.5) is 11.4 Å². The van der Waals surface area contributed by atoms with Crippen LogP contribution in [0.3, 0.4) is 0 Å². The van der Waals surface area contributed by atoms with Gasteiger partial charge in [-0.1, -0.05) is 69.0 Å². The summed E-state index contributed by atoms with van der Waals surface area (Å²) < 4.78 is 5.77. The number of carbonyl (C=O) groups excluding carboxylic acids is 1. The Bertz CT molecular complexity index is 901. The lowest BCUT2D eigenvalue weighted by molar-refractivity contribution is -0.114. The molecule has 0 aliphatic heterocycles. The molecule has 0 aromatic heterocycles. The summed E-state index contributed by atoms with van der Waals surface area (Å²) in [4.78, 5) is 12.3. The second-order valence-electron chi connectivity index (χ2n) is 7.22. The molecule has 0 aliphatic rings. The van der Waals surface area contributed by atoms with Crippen molar-refractivity contribution in [2.45, 2.75) is 39.0 Å². The first kappa shape index (κ1) is 20.7. The number of hydrogen-bond donors (Lipinski definition) is 2. The van der Waals surface area contributed by atoms with Gasteiger partial charge in [-0.25, -0.2) is 0 Å². The van der Waals surface area contributed by atoms with E-state index in [-0.39, 0.29) is 12.5 Å². The number of rotatable bonds is 11. The number of unbranched alkanes of at least 4 members (excludes halogenated alkanes) is 4. The first-order valence-electron chi connectivity index (χ1n) is 10.5. The van der Waals surface area contributed by atoms with Crippen LogP contribution in [-0.4, -0.2) is 19.1 Å². The molecule has 4 heteroatoms. The van der Waals surface area contributed by atoms with Crippen molar-refractivity contribution < 1.29 is 9.53 Å². The van der Waals surface area contributed by atoms with Gasteiger partial charge in [0.05, 0.1) is 13.2 Å². The van der Waals surface area contributed by atoms with Crippen LogP contribution in [0.5, 0.6) is 5.75 Å². The van der Waals surface area contributed by atoms with Crippen molar-refractivity contribution in [3.05, 3.63) is 66.7 Å². The van der Waals surface area contributed by atoms with Crippen molar-refractivity contribution in [2.75, 3.05) is 23.8 Å². The maximum absolute atomic E-state index is 12.3. The van der Waals surface area contributed by atoms with Gasteiger partial charge in [-0.05, 0) is 42.1 Å². The van der Waals surface area contributed by atoms with Gasteiger partial charge in [0, 0.05) is 16.8 Å². The predicted octanol–water partition coefficient (Wildman–Crippen LogP) is 6.24. The molecule has 0 bridgehead atoms. The molecule has 0 fully saturated rings. The number of amides is 1. The van der Waals surface area contributed by atoms with Crippen molar-refractivity contribution in [1.82, 2.24) is 0 Å². The van der Waals surface area contributed by atoms with Crippen LogP contribution in [0.1, 0.15) is 39.0 Å². The molecule has 3 aromatic carbocycles. The second-order valence-corrected chi connectivity index (χ2v) is 7.22. The molecule has 0 radical (unpaired) electrons. The van der Waals surface area contributed by atoms with Crippen molar-refractivity contribution in [3.63, 3.8) is 0 Å². The fourth-order valence-corrected chi connectivity index (χ4v) is 3.29. The van der Waals surface area contributed by atoms with E-state index in [1.54, 1.807) is 0 Å². The Hall–Kier alpha value is -3.01. The van der Waals surface area contributed by atoms with Crippen LogP contribution in [0, 0.1) is 0 Å². The van der Waals surface area contributed by atoms with Gasteiger partial charge in [0.25, 0.3) is 0 Å². The van der Waals surface area contributed by atoms with E-state index in [2.05, 4.69) is 35.8 Å². The summed E-state index contributed by atoms with van der Waals surface area (Å²) in [6, 6.07) is 21.7. The Morgan fingerprint density at radius 3 is 2.45 bits per heavy atom. The topological polar surface area (TPSA) is 50.4 Å². The molecular weight excluding hydrogens is 360 g/mol. The normalized spacial score (nSPS) is 10.7. The van der Waals surface area contributed by atoms with Gasteiger partial charge in [0.1, 0.15) is 5.75 Å². The maximum atomic E-state index is 12.3. The lowest BCUT2D eigenvalue weighted by atomic mass is 10.1. The summed E-state index contributed by atoms with van der Waals surface area (Å²) in [5, 5.41) is 8.41. The third-order valence-corrected chi connectivity index (χ3v) is 4.88. The second kappa shape index (κ2) is 11.1. The number of fused-ring (bicyclic) bond motifs is 1. The van der Waals surface area contributed by atoms with Crippen molar-refractivity contribution in [2.24, 2.45) is 0 Å². The Balaban J connectivity index is 1.43. The monoisotopic (exact) mass is 390 g/mol. The molecule has 0 saturated carbocycles. The molecule has 0 spiro atoms. The van der Waals surface area contributed by atoms with E-state index in [4.69, 9.17) is 4.74 Å². The highest BCUT2D eigenvalue weighted by atomic mass is 16.5. The molecule has 29 heavy (non-hydrogen) atoms. The minimum absolute atomic E-state index is 0.0810. The van der Waals surface area contributed by atoms with Crippen molar-refractivity contribution in [3.8, 4) is 5.75 Å². The molecule has 152 valence electrons. The number of carbonyl (C=O) groups is 1. The van der Waals surface area contributed by atoms with Crippen LogP contribution in [-0.2, 0) is 4.79 Å². The van der Waals surface area contributed by atoms with Crippen molar-refractivity contribution in [1.29, 1.82) is 0 Å². The Morgan fingerprint density at radius 1 is 0.862 bits per heavy atom. The Kier molecular flexibility index (Phi) is 7.93. The zero-order valence-electron chi connectivity index (χ0n) is 17.1. The van der Waals surface area contributed by atoms with E-state index in [0.717, 1.165) is 40.9 Å². The summed E-state index contributed by atoms with van der Waals surface area (Å²) in [5.74, 6) is 0.759. The summed E-state index contributed by atoms with van der Waals surface area (Å²) >= 11 is 0. The lowest BCUT2D eigenvalue weighted by Gasteiger charge is -2.11. The summed E-state index contributed by atoms with van der Waals surface area (Å²) in [6.45, 7) is 3.17. The standard InChI is InChI=1S/C25H30N2O2/c1-2-3-4-5-8-18-29-22-16-14-21(15-17-22)27-25(28)19-26-24-13-9-11-20-10-6-7-12-23(20)24/h6-7,9-17,26H,2-5,8,18-19H2,1H3,(H,27,28). The zero-order valence-corrected chi connectivity index (χ0v) is 17.1. The van der Waals surface area contributed by atoms with Gasteiger partial charge < -0.3 is 15.4 Å². The van der Waals surface area contributed by atoms with E-state index in [9.17, 15) is 4.79 Å². The third-order valence-electron chi connectivity index (χ3n) is 4.88. The van der Waals surface area contributed by atoms with Crippen LogP contribution < -0.4 is 15.4 Å². The average Bonchev–Trinajstić information content (AvgIpc) is 2.76. The highest BCUT2D eigenvalue weighted by Gasteiger charge is 2.05.